The van der Waals surface area contributed by atoms with Crippen molar-refractivity contribution in [3.8, 4) is 5.75 Å². The van der Waals surface area contributed by atoms with E-state index in [1.165, 1.54) is 17.5 Å². The van der Waals surface area contributed by atoms with Crippen LogP contribution in [0.1, 0.15) is 29.6 Å². The molecule has 0 saturated carbocycles. The number of halogens is 1. The highest BCUT2D eigenvalue weighted by molar-refractivity contribution is 9.10. The summed E-state index contributed by atoms with van der Waals surface area (Å²) in [7, 11) is -2.13. The van der Waals surface area contributed by atoms with Crippen molar-refractivity contribution in [1.29, 1.82) is 0 Å². The zero-order chi connectivity index (χ0) is 19.4. The molecule has 3 rings (SSSR count). The van der Waals surface area contributed by atoms with Gasteiger partial charge in [0.15, 0.2) is 0 Å². The number of hydrogen-bond donors (Lipinski definition) is 1. The van der Waals surface area contributed by atoms with Crippen LogP contribution in [0.25, 0.3) is 0 Å². The number of hydrogen-bond acceptors (Lipinski definition) is 4. The van der Waals surface area contributed by atoms with Gasteiger partial charge >= 0.3 is 0 Å². The molecule has 2 aromatic rings. The summed E-state index contributed by atoms with van der Waals surface area (Å²) in [6.07, 6.45) is 2.74. The summed E-state index contributed by atoms with van der Waals surface area (Å²) in [5.41, 5.74) is 0.785. The smallest absolute Gasteiger partial charge is 0.255 e. The number of amides is 1. The minimum Gasteiger partial charge on any atom is -0.495 e. The van der Waals surface area contributed by atoms with Crippen molar-refractivity contribution in [2.24, 2.45) is 0 Å². The van der Waals surface area contributed by atoms with Crippen molar-refractivity contribution in [3.05, 3.63) is 52.5 Å². The maximum absolute atomic E-state index is 13.0. The molecular weight excluding hydrogens is 432 g/mol. The molecule has 1 saturated heterocycles. The van der Waals surface area contributed by atoms with Crippen molar-refractivity contribution < 1.29 is 17.9 Å². The zero-order valence-corrected chi connectivity index (χ0v) is 17.3. The number of methoxy groups -OCH3 is 1. The van der Waals surface area contributed by atoms with Crippen molar-refractivity contribution in [3.63, 3.8) is 0 Å². The molecule has 1 amide bonds. The van der Waals surface area contributed by atoms with Gasteiger partial charge in [-0.25, -0.2) is 8.42 Å². The van der Waals surface area contributed by atoms with Gasteiger partial charge in [0, 0.05) is 23.1 Å². The number of carbonyl (C=O) groups is 1. The molecule has 0 bridgehead atoms. The first-order valence-corrected chi connectivity index (χ1v) is 10.9. The van der Waals surface area contributed by atoms with Gasteiger partial charge in [-0.3, -0.25) is 4.79 Å². The van der Waals surface area contributed by atoms with Gasteiger partial charge in [0.25, 0.3) is 5.91 Å². The third-order valence-electron chi connectivity index (χ3n) is 4.48. The number of rotatable bonds is 5. The van der Waals surface area contributed by atoms with Gasteiger partial charge in [-0.1, -0.05) is 18.6 Å². The highest BCUT2D eigenvalue weighted by atomic mass is 79.9. The summed E-state index contributed by atoms with van der Waals surface area (Å²) >= 11 is 3.31. The fourth-order valence-corrected chi connectivity index (χ4v) is 5.50. The molecule has 144 valence electrons. The number of piperidine rings is 1. The summed E-state index contributed by atoms with van der Waals surface area (Å²) in [6, 6.07) is 11.6. The monoisotopic (exact) mass is 452 g/mol. The predicted molar refractivity (Wildman–Crippen MR) is 108 cm³/mol. The number of benzene rings is 2. The van der Waals surface area contributed by atoms with Crippen LogP contribution >= 0.6 is 15.9 Å². The Morgan fingerprint density at radius 2 is 1.81 bits per heavy atom. The number of nitrogens with one attached hydrogen (secondary N) is 1. The van der Waals surface area contributed by atoms with Crippen LogP contribution in [0.15, 0.2) is 51.8 Å². The Morgan fingerprint density at radius 1 is 1.11 bits per heavy atom. The van der Waals surface area contributed by atoms with E-state index in [2.05, 4.69) is 21.2 Å². The van der Waals surface area contributed by atoms with Crippen LogP contribution in [0.5, 0.6) is 5.75 Å². The van der Waals surface area contributed by atoms with Crippen LogP contribution in [0.3, 0.4) is 0 Å². The third-order valence-corrected chi connectivity index (χ3v) is 7.37. The molecule has 0 aliphatic carbocycles. The van der Waals surface area contributed by atoms with E-state index in [1.807, 2.05) is 0 Å². The molecule has 6 nitrogen and oxygen atoms in total. The molecule has 27 heavy (non-hydrogen) atoms. The maximum Gasteiger partial charge on any atom is 0.255 e. The molecule has 0 radical (unpaired) electrons. The fraction of sp³-hybridized carbons (Fsp3) is 0.316. The van der Waals surface area contributed by atoms with Gasteiger partial charge in [-0.05, 0) is 59.1 Å². The van der Waals surface area contributed by atoms with Crippen LogP contribution < -0.4 is 10.1 Å². The number of sulfonamides is 1. The summed E-state index contributed by atoms with van der Waals surface area (Å²) in [5.74, 6) is 0.131. The lowest BCUT2D eigenvalue weighted by Gasteiger charge is -2.26. The van der Waals surface area contributed by atoms with Crippen molar-refractivity contribution in [2.45, 2.75) is 24.2 Å². The van der Waals surface area contributed by atoms with Gasteiger partial charge < -0.3 is 10.1 Å². The van der Waals surface area contributed by atoms with Crippen molar-refractivity contribution in [2.75, 3.05) is 25.5 Å². The second-order valence-corrected chi connectivity index (χ2v) is 9.03. The number of nitrogens with zero attached hydrogens (tertiary/aromatic N) is 1. The van der Waals surface area contributed by atoms with Crippen molar-refractivity contribution >= 4 is 37.5 Å². The van der Waals surface area contributed by atoms with E-state index in [1.54, 1.807) is 36.4 Å². The molecule has 8 heteroatoms. The molecule has 0 atom stereocenters. The molecule has 1 aliphatic heterocycles. The molecule has 0 unspecified atom stereocenters. The number of ether oxygens (including phenoxy) is 1. The van der Waals surface area contributed by atoms with Gasteiger partial charge in [0.05, 0.1) is 17.7 Å². The minimum atomic E-state index is -3.65. The average molecular weight is 453 g/mol. The van der Waals surface area contributed by atoms with Crippen molar-refractivity contribution in [1.82, 2.24) is 4.31 Å². The second-order valence-electron chi connectivity index (χ2n) is 6.26. The Balaban J connectivity index is 1.89. The third kappa shape index (κ3) is 4.34. The lowest BCUT2D eigenvalue weighted by molar-refractivity contribution is 0.102. The van der Waals surface area contributed by atoms with E-state index >= 15 is 0 Å². The molecular formula is C19H21BrN2O4S. The van der Waals surface area contributed by atoms with Gasteiger partial charge in [0.2, 0.25) is 10.0 Å². The maximum atomic E-state index is 13.0. The Bertz CT molecular complexity index is 940. The number of carbonyl (C=O) groups excluding carboxylic acids is 1. The fourth-order valence-electron chi connectivity index (χ4n) is 3.03. The van der Waals surface area contributed by atoms with Crippen LogP contribution in [0.4, 0.5) is 5.69 Å². The van der Waals surface area contributed by atoms with E-state index in [9.17, 15) is 13.2 Å². The Hall–Kier alpha value is -1.90. The summed E-state index contributed by atoms with van der Waals surface area (Å²) in [4.78, 5) is 12.8. The standard InChI is InChI=1S/C19H21BrN2O4S/c1-26-17-8-4-3-7-16(17)21-19(23)14-9-10-15(20)18(13-14)27(24,25)22-11-5-2-6-12-22/h3-4,7-10,13H,2,5-6,11-12H2,1H3,(H,21,23). The first-order chi connectivity index (χ1) is 12.9. The van der Waals surface area contributed by atoms with E-state index in [-0.39, 0.29) is 10.5 Å². The molecule has 1 heterocycles. The highest BCUT2D eigenvalue weighted by Gasteiger charge is 2.28. The van der Waals surface area contributed by atoms with Crippen LogP contribution in [-0.4, -0.2) is 38.8 Å². The first-order valence-electron chi connectivity index (χ1n) is 8.67. The minimum absolute atomic E-state index is 0.108. The molecule has 1 N–H and O–H groups in total. The summed E-state index contributed by atoms with van der Waals surface area (Å²) < 4.78 is 33.1. The quantitative estimate of drug-likeness (QED) is 0.746. The Labute approximate surface area is 167 Å². The summed E-state index contributed by atoms with van der Waals surface area (Å²) in [6.45, 7) is 1.01. The largest absolute Gasteiger partial charge is 0.495 e. The summed E-state index contributed by atoms with van der Waals surface area (Å²) in [5, 5.41) is 2.77. The SMILES string of the molecule is COc1ccccc1NC(=O)c1ccc(Br)c(S(=O)(=O)N2CCCCC2)c1. The van der Waals surface area contributed by atoms with Gasteiger partial charge in [-0.15, -0.1) is 0 Å². The lowest BCUT2D eigenvalue weighted by atomic mass is 10.2. The van der Waals surface area contributed by atoms with E-state index in [0.29, 0.717) is 29.0 Å². The number of anilines is 1. The zero-order valence-electron chi connectivity index (χ0n) is 14.9. The molecule has 0 spiro atoms. The topological polar surface area (TPSA) is 75.7 Å². The second kappa shape index (κ2) is 8.41. The molecule has 1 fully saturated rings. The highest BCUT2D eigenvalue weighted by Crippen LogP contribution is 2.29. The van der Waals surface area contributed by atoms with E-state index < -0.39 is 15.9 Å². The van der Waals surface area contributed by atoms with Gasteiger partial charge in [0.1, 0.15) is 5.75 Å². The first kappa shape index (κ1) is 19.9. The normalized spacial score (nSPS) is 15.3. The lowest BCUT2D eigenvalue weighted by Crippen LogP contribution is -2.35. The van der Waals surface area contributed by atoms with E-state index in [0.717, 1.165) is 19.3 Å². The van der Waals surface area contributed by atoms with Gasteiger partial charge in [-0.2, -0.15) is 4.31 Å². The number of para-hydroxylation sites is 2. The van der Waals surface area contributed by atoms with Crippen LogP contribution in [0.2, 0.25) is 0 Å². The molecule has 0 aromatic heterocycles. The average Bonchev–Trinajstić information content (AvgIpc) is 2.69. The van der Waals surface area contributed by atoms with Crippen LogP contribution in [0, 0.1) is 0 Å². The Morgan fingerprint density at radius 3 is 2.52 bits per heavy atom. The Kier molecular flexibility index (Phi) is 6.18. The molecule has 2 aromatic carbocycles. The van der Waals surface area contributed by atoms with E-state index in [4.69, 9.17) is 4.74 Å². The molecule has 1 aliphatic rings. The predicted octanol–water partition coefficient (Wildman–Crippen LogP) is 3.88. The van der Waals surface area contributed by atoms with Crippen LogP contribution in [-0.2, 0) is 10.0 Å².